The molecule has 0 aliphatic heterocycles. The number of halogens is 7. The van der Waals surface area contributed by atoms with Gasteiger partial charge >= 0.3 is 35.6 Å². The molecule has 0 aliphatic carbocycles. The van der Waals surface area contributed by atoms with E-state index in [1.807, 2.05) is 78.9 Å². The van der Waals surface area contributed by atoms with Crippen LogP contribution < -0.4 is 0 Å². The molecule has 2 N–H and O–H groups in total. The van der Waals surface area contributed by atoms with Crippen molar-refractivity contribution in [1.29, 1.82) is 0 Å². The molecule has 0 saturated heterocycles. The predicted molar refractivity (Wildman–Crippen MR) is 165 cm³/mol. The molecule has 0 fully saturated rings. The fourth-order valence-electron chi connectivity index (χ4n) is 3.80. The van der Waals surface area contributed by atoms with Crippen molar-refractivity contribution >= 4 is 42.4 Å². The van der Waals surface area contributed by atoms with Gasteiger partial charge in [0.25, 0.3) is 0 Å². The molecular weight excluding hydrogens is 670 g/mol. The number of para-hydroxylation sites is 3. The molecule has 0 aromatic heterocycles. The zero-order valence-corrected chi connectivity index (χ0v) is 26.4. The van der Waals surface area contributed by atoms with Gasteiger partial charge < -0.3 is 10.2 Å². The van der Waals surface area contributed by atoms with Gasteiger partial charge in [-0.15, -0.1) is 0 Å². The second-order valence-electron chi connectivity index (χ2n) is 8.96. The molecule has 0 aliphatic rings. The van der Waals surface area contributed by atoms with Crippen LogP contribution in [0.5, 0.6) is 11.5 Å². The predicted octanol–water partition coefficient (Wildman–Crippen LogP) is 10.3. The Bertz CT molecular complexity index is 1770. The van der Waals surface area contributed by atoms with Crippen LogP contribution in [0.1, 0.15) is 16.7 Å². The Morgan fingerprint density at radius 2 is 1.04 bits per heavy atom. The maximum absolute atomic E-state index is 13.4. The summed E-state index contributed by atoms with van der Waals surface area (Å²) in [6.07, 6.45) is 2.51. The quantitative estimate of drug-likeness (QED) is 0.0633. The average molecular weight is 693 g/mol. The molecule has 0 saturated carbocycles. The first-order valence-electron chi connectivity index (χ1n) is 12.9. The van der Waals surface area contributed by atoms with Gasteiger partial charge in [-0.3, -0.25) is 4.99 Å². The van der Waals surface area contributed by atoms with E-state index in [0.717, 1.165) is 23.0 Å². The van der Waals surface area contributed by atoms with E-state index in [1.54, 1.807) is 19.2 Å². The van der Waals surface area contributed by atoms with Crippen LogP contribution in [0.4, 0.5) is 33.3 Å². The van der Waals surface area contributed by atoms with Crippen LogP contribution in [-0.4, -0.2) is 22.6 Å². The van der Waals surface area contributed by atoms with E-state index in [0.29, 0.717) is 11.1 Å². The van der Waals surface area contributed by atoms with E-state index in [4.69, 9.17) is 18.6 Å². The third-order valence-electron chi connectivity index (χ3n) is 6.05. The molecule has 0 radical (unpaired) electrons. The Morgan fingerprint density at radius 1 is 0.578 bits per heavy atom. The Kier molecular flexibility index (Phi) is 13.8. The van der Waals surface area contributed by atoms with Crippen molar-refractivity contribution in [3.63, 3.8) is 0 Å². The first-order valence-corrected chi connectivity index (χ1v) is 17.2. The van der Waals surface area contributed by atoms with Gasteiger partial charge in [0.05, 0.1) is 5.69 Å². The van der Waals surface area contributed by atoms with E-state index in [1.165, 1.54) is 12.1 Å². The monoisotopic (exact) mass is 692 g/mol. The molecule has 5 aromatic rings. The van der Waals surface area contributed by atoms with Gasteiger partial charge in [-0.2, -0.15) is 0 Å². The number of hydrogen-bond acceptors (Lipinski definition) is 4. The van der Waals surface area contributed by atoms with Crippen molar-refractivity contribution in [2.24, 2.45) is 9.98 Å². The van der Waals surface area contributed by atoms with Crippen LogP contribution in [0.15, 0.2) is 107 Å². The van der Waals surface area contributed by atoms with Crippen LogP contribution in [0, 0.1) is 36.0 Å². The van der Waals surface area contributed by atoms with Gasteiger partial charge in [-0.1, -0.05) is 72.8 Å². The van der Waals surface area contributed by atoms with Gasteiger partial charge in [0.2, 0.25) is 5.82 Å². The SMILES string of the molecule is Cc1cccc(C=Nc2c(F)c(F)c(F)c(F)c2F)c1O.Oc1c(C=Nc2ccccc2)cccc1-c1ccccc1.[Cl][Ti][Cl]. The van der Waals surface area contributed by atoms with Crippen LogP contribution in [0.2, 0.25) is 0 Å². The summed E-state index contributed by atoms with van der Waals surface area (Å²) in [7, 11) is 9.78. The molecule has 5 rings (SSSR count). The third kappa shape index (κ3) is 9.49. The second-order valence-corrected chi connectivity index (χ2v) is 11.5. The Balaban J connectivity index is 0.000000226. The molecule has 0 atom stereocenters. The first kappa shape index (κ1) is 35.5. The van der Waals surface area contributed by atoms with Crippen LogP contribution in [-0.2, 0) is 17.0 Å². The van der Waals surface area contributed by atoms with Crippen LogP contribution in [0.25, 0.3) is 11.1 Å². The van der Waals surface area contributed by atoms with Crippen molar-refractivity contribution in [2.45, 2.75) is 6.92 Å². The number of aliphatic imine (C=N–C) groups is 2. The number of aromatic hydroxyl groups is 2. The summed E-state index contributed by atoms with van der Waals surface area (Å²) in [5.41, 5.74) is 2.61. The fraction of sp³-hybridized carbons (Fsp3) is 0.0303. The molecule has 0 heterocycles. The van der Waals surface area contributed by atoms with E-state index in [-0.39, 0.29) is 17.1 Å². The molecule has 230 valence electrons. The number of nitrogens with zero attached hydrogens (tertiary/aromatic N) is 2. The molecule has 12 heteroatoms. The van der Waals surface area contributed by atoms with E-state index in [9.17, 15) is 32.2 Å². The molecule has 0 bridgehead atoms. The molecule has 0 unspecified atom stereocenters. The van der Waals surface area contributed by atoms with Crippen molar-refractivity contribution in [2.75, 3.05) is 0 Å². The summed E-state index contributed by atoms with van der Waals surface area (Å²) < 4.78 is 65.6. The number of phenols is 2. The maximum atomic E-state index is 13.4. The summed E-state index contributed by atoms with van der Waals surface area (Å²) in [5, 5.41) is 20.1. The number of phenolic OH excluding ortho intramolecular Hbond substituents is 2. The zero-order valence-electron chi connectivity index (χ0n) is 23.3. The Morgan fingerprint density at radius 3 is 1.62 bits per heavy atom. The molecule has 5 aromatic carbocycles. The fourth-order valence-corrected chi connectivity index (χ4v) is 3.80. The van der Waals surface area contributed by atoms with Crippen molar-refractivity contribution < 1.29 is 49.2 Å². The average Bonchev–Trinajstić information content (AvgIpc) is 3.06. The zero-order chi connectivity index (χ0) is 32.9. The normalized spacial score (nSPS) is 10.7. The first-order chi connectivity index (χ1) is 21.6. The molecule has 0 spiro atoms. The summed E-state index contributed by atoms with van der Waals surface area (Å²) in [6, 6.07) is 29.7. The summed E-state index contributed by atoms with van der Waals surface area (Å²) in [6.45, 7) is 1.57. The Labute approximate surface area is 272 Å². The number of hydrogen-bond donors (Lipinski definition) is 2. The van der Waals surface area contributed by atoms with Crippen molar-refractivity contribution in [3.8, 4) is 22.6 Å². The number of aryl methyl sites for hydroxylation is 1. The number of rotatable bonds is 5. The standard InChI is InChI=1S/C19H15NO.C14H8F5NO.2ClH.Ti/c21-19-16(14-20-17-11-5-2-6-12-17)10-7-13-18(19)15-8-3-1-4-9-15;1-6-3-2-4-7(14(6)21)5-20-13-11(18)9(16)8(15)10(17)12(13)19;;;/h1-14,21H;2-5,21H,1H3;2*1H;/q;;;;+2/p-2. The van der Waals surface area contributed by atoms with Crippen molar-refractivity contribution in [3.05, 3.63) is 143 Å². The second kappa shape index (κ2) is 17.5. The van der Waals surface area contributed by atoms with Gasteiger partial charge in [0, 0.05) is 29.1 Å². The topological polar surface area (TPSA) is 65.2 Å². The van der Waals surface area contributed by atoms with E-state index in [2.05, 4.69) is 9.98 Å². The van der Waals surface area contributed by atoms with Crippen LogP contribution in [0.3, 0.4) is 0 Å². The van der Waals surface area contributed by atoms with Crippen LogP contribution >= 0.6 is 18.6 Å². The minimum absolute atomic E-state index is 0.0824. The summed E-state index contributed by atoms with van der Waals surface area (Å²) in [5.74, 6) is -10.4. The molecule has 4 nitrogen and oxygen atoms in total. The van der Waals surface area contributed by atoms with Gasteiger partial charge in [-0.25, -0.2) is 26.9 Å². The molecule has 0 amide bonds. The molecule has 45 heavy (non-hydrogen) atoms. The van der Waals surface area contributed by atoms with Gasteiger partial charge in [0.1, 0.15) is 17.2 Å². The van der Waals surface area contributed by atoms with E-state index < -0.39 is 51.8 Å². The molecular formula is C33H23Cl2F5N2O2Ti. The third-order valence-corrected chi connectivity index (χ3v) is 6.05. The minimum atomic E-state index is -2.25. The number of benzene rings is 5. The summed E-state index contributed by atoms with van der Waals surface area (Å²) >= 11 is -0.556. The van der Waals surface area contributed by atoms with E-state index >= 15 is 0 Å². The van der Waals surface area contributed by atoms with Crippen molar-refractivity contribution in [1.82, 2.24) is 0 Å². The van der Waals surface area contributed by atoms with Gasteiger partial charge in [0.15, 0.2) is 23.3 Å². The Hall–Kier alpha value is -4.02. The summed E-state index contributed by atoms with van der Waals surface area (Å²) in [4.78, 5) is 7.65. The van der Waals surface area contributed by atoms with Gasteiger partial charge in [-0.05, 0) is 42.3 Å².